The van der Waals surface area contributed by atoms with Crippen molar-refractivity contribution in [2.75, 3.05) is 24.6 Å². The number of anilines is 1. The largest absolute Gasteiger partial charge is 0.466 e. The Morgan fingerprint density at radius 2 is 1.97 bits per heavy atom. The lowest BCUT2D eigenvalue weighted by Crippen LogP contribution is -2.31. The summed E-state index contributed by atoms with van der Waals surface area (Å²) in [7, 11) is 0. The Hall–Kier alpha value is -3.56. The molecule has 3 aromatic heterocycles. The van der Waals surface area contributed by atoms with Crippen molar-refractivity contribution >= 4 is 11.7 Å². The molecule has 0 radical (unpaired) electrons. The van der Waals surface area contributed by atoms with Gasteiger partial charge in [-0.25, -0.2) is 14.6 Å². The average Bonchev–Trinajstić information content (AvgIpc) is 3.32. The highest BCUT2D eigenvalue weighted by atomic mass is 16.5. The first-order chi connectivity index (χ1) is 14.3. The fourth-order valence-corrected chi connectivity index (χ4v) is 3.06. The molecule has 1 aliphatic rings. The minimum Gasteiger partial charge on any atom is -0.466 e. The van der Waals surface area contributed by atoms with Crippen LogP contribution < -0.4 is 15.0 Å². The first kappa shape index (κ1) is 18.8. The second kappa shape index (κ2) is 9.09. The molecule has 0 unspecified atom stereocenters. The van der Waals surface area contributed by atoms with E-state index in [1.54, 1.807) is 41.5 Å². The molecule has 1 aliphatic heterocycles. The number of carbonyl (C=O) groups is 1. The SMILES string of the molecule is O=C(COc1ccc(-n2cccn2)nn1)NCc1nccc(N2CCCCC2)n1. The zero-order valence-corrected chi connectivity index (χ0v) is 15.9. The molecule has 0 aromatic carbocycles. The number of amides is 1. The lowest BCUT2D eigenvalue weighted by molar-refractivity contribution is -0.123. The molecule has 29 heavy (non-hydrogen) atoms. The van der Waals surface area contributed by atoms with Gasteiger partial charge in [0.05, 0.1) is 6.54 Å². The standard InChI is InChI=1S/C19H22N8O2/c28-18(14-29-19-6-5-17(24-25-19)27-12-4-8-22-27)21-13-15-20-9-7-16(23-15)26-10-2-1-3-11-26/h4-9,12H,1-3,10-11,13-14H2,(H,21,28). The molecule has 0 bridgehead atoms. The number of aromatic nitrogens is 6. The Morgan fingerprint density at radius 1 is 1.07 bits per heavy atom. The van der Waals surface area contributed by atoms with Crippen molar-refractivity contribution in [3.63, 3.8) is 0 Å². The summed E-state index contributed by atoms with van der Waals surface area (Å²) in [5, 5.41) is 14.8. The molecule has 3 aromatic rings. The fraction of sp³-hybridized carbons (Fsp3) is 0.368. The monoisotopic (exact) mass is 394 g/mol. The smallest absolute Gasteiger partial charge is 0.258 e. The van der Waals surface area contributed by atoms with Crippen LogP contribution in [0.1, 0.15) is 25.1 Å². The van der Waals surface area contributed by atoms with Crippen molar-refractivity contribution < 1.29 is 9.53 Å². The molecule has 10 heteroatoms. The van der Waals surface area contributed by atoms with Gasteiger partial charge in [-0.15, -0.1) is 10.2 Å². The molecule has 1 fully saturated rings. The van der Waals surface area contributed by atoms with E-state index in [0.29, 0.717) is 11.6 Å². The van der Waals surface area contributed by atoms with E-state index in [1.165, 1.54) is 19.3 Å². The van der Waals surface area contributed by atoms with Gasteiger partial charge in [0, 0.05) is 37.7 Å². The molecule has 0 aliphatic carbocycles. The highest BCUT2D eigenvalue weighted by Crippen LogP contribution is 2.16. The van der Waals surface area contributed by atoms with Crippen LogP contribution in [0.5, 0.6) is 5.88 Å². The van der Waals surface area contributed by atoms with Gasteiger partial charge in [0.1, 0.15) is 11.6 Å². The molecular formula is C19H22N8O2. The van der Waals surface area contributed by atoms with Crippen LogP contribution in [-0.2, 0) is 11.3 Å². The third-order valence-electron chi connectivity index (χ3n) is 4.53. The summed E-state index contributed by atoms with van der Waals surface area (Å²) < 4.78 is 6.97. The van der Waals surface area contributed by atoms with Crippen LogP contribution in [-0.4, -0.2) is 55.5 Å². The van der Waals surface area contributed by atoms with Crippen LogP contribution in [0.2, 0.25) is 0 Å². The van der Waals surface area contributed by atoms with Crippen molar-refractivity contribution in [1.29, 1.82) is 0 Å². The van der Waals surface area contributed by atoms with Gasteiger partial charge in [0.2, 0.25) is 5.88 Å². The summed E-state index contributed by atoms with van der Waals surface area (Å²) in [5.41, 5.74) is 0. The zero-order valence-electron chi connectivity index (χ0n) is 15.9. The first-order valence-corrected chi connectivity index (χ1v) is 9.58. The van der Waals surface area contributed by atoms with Crippen LogP contribution in [0.15, 0.2) is 42.9 Å². The maximum atomic E-state index is 12.1. The van der Waals surface area contributed by atoms with E-state index in [0.717, 1.165) is 18.9 Å². The van der Waals surface area contributed by atoms with Crippen molar-refractivity contribution in [1.82, 2.24) is 35.3 Å². The van der Waals surface area contributed by atoms with E-state index in [1.807, 2.05) is 6.07 Å². The predicted molar refractivity (Wildman–Crippen MR) is 105 cm³/mol. The Labute approximate surface area is 167 Å². The Balaban J connectivity index is 1.25. The minimum atomic E-state index is -0.282. The number of carbonyl (C=O) groups excluding carboxylic acids is 1. The van der Waals surface area contributed by atoms with Gasteiger partial charge < -0.3 is 15.0 Å². The van der Waals surface area contributed by atoms with Gasteiger partial charge in [-0.05, 0) is 37.5 Å². The van der Waals surface area contributed by atoms with E-state index in [4.69, 9.17) is 4.74 Å². The van der Waals surface area contributed by atoms with Gasteiger partial charge in [0.25, 0.3) is 5.91 Å². The predicted octanol–water partition coefficient (Wildman–Crippen LogP) is 1.14. The summed E-state index contributed by atoms with van der Waals surface area (Å²) in [6.45, 7) is 2.10. The van der Waals surface area contributed by atoms with Gasteiger partial charge in [-0.1, -0.05) is 0 Å². The normalized spacial score (nSPS) is 13.9. The maximum Gasteiger partial charge on any atom is 0.258 e. The van der Waals surface area contributed by atoms with E-state index in [-0.39, 0.29) is 24.9 Å². The Morgan fingerprint density at radius 3 is 2.72 bits per heavy atom. The second-order valence-electron chi connectivity index (χ2n) is 6.62. The molecule has 1 saturated heterocycles. The highest BCUT2D eigenvalue weighted by Gasteiger charge is 2.13. The summed E-state index contributed by atoms with van der Waals surface area (Å²) in [5.74, 6) is 2.03. The van der Waals surface area contributed by atoms with Crippen LogP contribution >= 0.6 is 0 Å². The Bertz CT molecular complexity index is 924. The van der Waals surface area contributed by atoms with E-state index in [9.17, 15) is 4.79 Å². The fourth-order valence-electron chi connectivity index (χ4n) is 3.06. The third kappa shape index (κ3) is 5.03. The summed E-state index contributed by atoms with van der Waals surface area (Å²) in [6, 6.07) is 7.06. The number of nitrogens with zero attached hydrogens (tertiary/aromatic N) is 7. The van der Waals surface area contributed by atoms with Crippen LogP contribution in [0.4, 0.5) is 5.82 Å². The molecule has 1 N–H and O–H groups in total. The van der Waals surface area contributed by atoms with E-state index in [2.05, 4.69) is 35.5 Å². The number of nitrogens with one attached hydrogen (secondary N) is 1. The molecule has 1 amide bonds. The maximum absolute atomic E-state index is 12.1. The van der Waals surface area contributed by atoms with Crippen molar-refractivity contribution in [2.24, 2.45) is 0 Å². The molecule has 150 valence electrons. The number of piperidine rings is 1. The Kier molecular flexibility index (Phi) is 5.89. The van der Waals surface area contributed by atoms with Crippen molar-refractivity contribution in [3.05, 3.63) is 48.7 Å². The third-order valence-corrected chi connectivity index (χ3v) is 4.53. The van der Waals surface area contributed by atoms with E-state index < -0.39 is 0 Å². The molecule has 4 heterocycles. The van der Waals surface area contributed by atoms with Crippen molar-refractivity contribution in [3.8, 4) is 11.7 Å². The summed E-state index contributed by atoms with van der Waals surface area (Å²) in [4.78, 5) is 23.1. The van der Waals surface area contributed by atoms with Crippen LogP contribution in [0, 0.1) is 0 Å². The number of rotatable bonds is 7. The lowest BCUT2D eigenvalue weighted by atomic mass is 10.1. The van der Waals surface area contributed by atoms with Crippen LogP contribution in [0.3, 0.4) is 0 Å². The van der Waals surface area contributed by atoms with E-state index >= 15 is 0 Å². The topological polar surface area (TPSA) is 111 Å². The number of hydrogen-bond acceptors (Lipinski definition) is 8. The quantitative estimate of drug-likeness (QED) is 0.635. The molecular weight excluding hydrogens is 372 g/mol. The molecule has 0 spiro atoms. The number of hydrogen-bond donors (Lipinski definition) is 1. The average molecular weight is 394 g/mol. The zero-order chi connectivity index (χ0) is 19.9. The lowest BCUT2D eigenvalue weighted by Gasteiger charge is -2.27. The molecule has 4 rings (SSSR count). The second-order valence-corrected chi connectivity index (χ2v) is 6.62. The van der Waals surface area contributed by atoms with Gasteiger partial charge in [0.15, 0.2) is 12.4 Å². The summed E-state index contributed by atoms with van der Waals surface area (Å²) >= 11 is 0. The molecule has 0 atom stereocenters. The van der Waals surface area contributed by atoms with Gasteiger partial charge in [-0.2, -0.15) is 5.10 Å². The van der Waals surface area contributed by atoms with Crippen LogP contribution in [0.25, 0.3) is 5.82 Å². The van der Waals surface area contributed by atoms with Gasteiger partial charge >= 0.3 is 0 Å². The molecule has 10 nitrogen and oxygen atoms in total. The molecule has 0 saturated carbocycles. The van der Waals surface area contributed by atoms with Gasteiger partial charge in [-0.3, -0.25) is 4.79 Å². The van der Waals surface area contributed by atoms with Crippen molar-refractivity contribution in [2.45, 2.75) is 25.8 Å². The first-order valence-electron chi connectivity index (χ1n) is 9.58. The summed E-state index contributed by atoms with van der Waals surface area (Å²) in [6.07, 6.45) is 8.77. The number of ether oxygens (including phenoxy) is 1. The highest BCUT2D eigenvalue weighted by molar-refractivity contribution is 5.77. The minimum absolute atomic E-state index is 0.165.